The molecule has 0 bridgehead atoms. The molecule has 0 spiro atoms. The Morgan fingerprint density at radius 2 is 2.33 bits per heavy atom. The summed E-state index contributed by atoms with van der Waals surface area (Å²) in [5.41, 5.74) is 0. The first-order chi connectivity index (χ1) is 2.91. The van der Waals surface area contributed by atoms with Crippen LogP contribution in [0.4, 0.5) is 0 Å². The van der Waals surface area contributed by atoms with Crippen molar-refractivity contribution < 1.29 is 5.11 Å². The number of aliphatic hydroxyl groups excluding tert-OH is 1. The third-order valence-corrected chi connectivity index (χ3v) is 0.362. The van der Waals surface area contributed by atoms with Gasteiger partial charge in [0.05, 0.1) is 0 Å². The van der Waals surface area contributed by atoms with E-state index in [1.807, 2.05) is 0 Å². The zero-order valence-electron chi connectivity index (χ0n) is 3.15. The van der Waals surface area contributed by atoms with Gasteiger partial charge >= 0.3 is 0 Å². The number of unbranched alkanes of at least 4 members (excludes halogenated alkanes) is 1. The minimum absolute atomic E-state index is 0.364. The fraction of sp³-hybridized carbons (Fsp3) is 0.750. The van der Waals surface area contributed by atoms with Crippen molar-refractivity contribution in [1.29, 1.82) is 0 Å². The van der Waals surface area contributed by atoms with Crippen LogP contribution in [0.25, 0.3) is 0 Å². The normalized spacial score (nSPS) is 8.33. The predicted molar refractivity (Wildman–Crippen MR) is 30.6 cm³/mol. The molecule has 2 heteroatoms. The van der Waals surface area contributed by atoms with Gasteiger partial charge in [-0.3, -0.25) is 0 Å². The molecule has 1 nitrogen and oxygen atoms in total. The van der Waals surface area contributed by atoms with Crippen molar-refractivity contribution in [3.05, 3.63) is 6.32 Å². The number of hydrogen-bond donors (Lipinski definition) is 1. The van der Waals surface area contributed by atoms with E-state index in [0.717, 1.165) is 12.8 Å². The highest BCUT2D eigenvalue weighted by Crippen LogP contribution is 1.85. The van der Waals surface area contributed by atoms with Crippen LogP contribution in [0.5, 0.6) is 0 Å². The standard InChI is InChI=1S/C4H11BO/c5-3-1-2-4-6/h3,6H,1-2,4H2,5H3. The maximum Gasteiger partial charge on any atom is 0.155 e. The summed E-state index contributed by atoms with van der Waals surface area (Å²) < 4.78 is 0. The molecule has 0 aromatic rings. The molecule has 1 N–H and O–H groups in total. The van der Waals surface area contributed by atoms with Gasteiger partial charge in [0.1, 0.15) is 0 Å². The fourth-order valence-corrected chi connectivity index (χ4v) is 0.0913. The highest BCUT2D eigenvalue weighted by Gasteiger charge is 1.80. The van der Waals surface area contributed by atoms with Crippen LogP contribution in [0.1, 0.15) is 12.8 Å². The second kappa shape index (κ2) is 4.89. The quantitative estimate of drug-likeness (QED) is 0.273. The van der Waals surface area contributed by atoms with Crippen LogP contribution in [0.3, 0.4) is 0 Å². The average Bonchev–Trinajstić information content (AvgIpc) is 1.61. The van der Waals surface area contributed by atoms with Gasteiger partial charge in [0.15, 0.2) is 7.85 Å². The summed E-state index contributed by atoms with van der Waals surface area (Å²) >= 11 is 0. The average molecular weight is 85.9 g/mol. The molecule has 36 valence electrons. The van der Waals surface area contributed by atoms with Crippen LogP contribution >= 0.6 is 0 Å². The highest BCUT2D eigenvalue weighted by atomic mass is 16.2. The second-order valence-electron chi connectivity index (χ2n) is 0.866. The van der Waals surface area contributed by atoms with Crippen LogP contribution in [0.2, 0.25) is 0 Å². The number of hydrogen-bond acceptors (Lipinski definition) is 1. The van der Waals surface area contributed by atoms with Crippen LogP contribution in [-0.2, 0) is 0 Å². The molecular weight excluding hydrogens is 74.9 g/mol. The molecular formula is C4H11BO. The molecule has 0 unspecified atom stereocenters. The maximum absolute atomic E-state index is 8.21. The maximum atomic E-state index is 8.21. The lowest BCUT2D eigenvalue weighted by atomic mass is 10.0. The van der Waals surface area contributed by atoms with Gasteiger partial charge in [-0.05, 0) is 0 Å². The Hall–Kier alpha value is -0.105. The van der Waals surface area contributed by atoms with Gasteiger partial charge in [0.25, 0.3) is 0 Å². The Morgan fingerprint density at radius 1 is 1.67 bits per heavy atom. The van der Waals surface area contributed by atoms with Crippen molar-refractivity contribution in [3.63, 3.8) is 0 Å². The van der Waals surface area contributed by atoms with Gasteiger partial charge < -0.3 is 5.11 Å². The molecule has 0 heterocycles. The number of aliphatic hydroxyl groups is 1. The summed E-state index contributed by atoms with van der Waals surface area (Å²) in [6.07, 6.45) is 4.43. The largest absolute Gasteiger partial charge is 0.396 e. The van der Waals surface area contributed by atoms with E-state index in [9.17, 15) is 0 Å². The summed E-state index contributed by atoms with van der Waals surface area (Å²) in [5, 5.41) is 8.21. The Balaban J connectivity index is 2.34. The summed E-state index contributed by atoms with van der Waals surface area (Å²) in [4.78, 5) is 0. The molecule has 0 atom stereocenters. The van der Waals surface area contributed by atoms with Crippen molar-refractivity contribution >= 4 is 7.85 Å². The summed E-state index contributed by atoms with van der Waals surface area (Å²) in [5.74, 6) is 0. The summed E-state index contributed by atoms with van der Waals surface area (Å²) in [6, 6.07) is 0. The first-order valence-corrected chi connectivity index (χ1v) is 1.72. The second-order valence-corrected chi connectivity index (χ2v) is 0.866. The third-order valence-electron chi connectivity index (χ3n) is 0.362. The first kappa shape index (κ1) is 5.89. The van der Waals surface area contributed by atoms with Gasteiger partial charge in [-0.1, -0.05) is 0 Å². The topological polar surface area (TPSA) is 20.2 Å². The minimum Gasteiger partial charge on any atom is -0.396 e. The number of rotatable bonds is 3. The molecule has 0 rings (SSSR count). The SMILES string of the molecule is [BH3-][CH+]CCCO. The smallest absolute Gasteiger partial charge is 0.155 e. The van der Waals surface area contributed by atoms with E-state index >= 15 is 0 Å². The monoisotopic (exact) mass is 86.1 g/mol. The van der Waals surface area contributed by atoms with Crippen molar-refractivity contribution in [3.8, 4) is 0 Å². The van der Waals surface area contributed by atoms with E-state index in [4.69, 9.17) is 5.11 Å². The Kier molecular flexibility index (Phi) is 4.81. The van der Waals surface area contributed by atoms with Crippen LogP contribution < -0.4 is 0 Å². The van der Waals surface area contributed by atoms with E-state index in [2.05, 4.69) is 6.32 Å². The molecule has 0 fully saturated rings. The van der Waals surface area contributed by atoms with E-state index in [-0.39, 0.29) is 0 Å². The van der Waals surface area contributed by atoms with Crippen molar-refractivity contribution in [2.24, 2.45) is 0 Å². The molecule has 0 aliphatic rings. The van der Waals surface area contributed by atoms with Gasteiger partial charge in [-0.2, -0.15) is 0 Å². The lowest BCUT2D eigenvalue weighted by Crippen LogP contribution is -1.81. The molecule has 6 heavy (non-hydrogen) atoms. The molecule has 0 aromatic heterocycles. The molecule has 0 saturated heterocycles. The highest BCUT2D eigenvalue weighted by molar-refractivity contribution is 6.14. The van der Waals surface area contributed by atoms with Gasteiger partial charge in [-0.25, -0.2) is 0 Å². The first-order valence-electron chi connectivity index (χ1n) is 1.72. The van der Waals surface area contributed by atoms with Crippen LogP contribution in [0.15, 0.2) is 0 Å². The predicted octanol–water partition coefficient (Wildman–Crippen LogP) is -0.714. The Labute approximate surface area is 39.8 Å². The minimum atomic E-state index is 0.364. The van der Waals surface area contributed by atoms with Crippen LogP contribution in [-0.4, -0.2) is 19.6 Å². The molecule has 0 saturated carbocycles. The van der Waals surface area contributed by atoms with E-state index in [0.29, 0.717) is 14.5 Å². The Morgan fingerprint density at radius 3 is 2.50 bits per heavy atom. The van der Waals surface area contributed by atoms with Crippen molar-refractivity contribution in [2.75, 3.05) is 6.61 Å². The molecule has 0 amide bonds. The van der Waals surface area contributed by atoms with Crippen LogP contribution in [0, 0.1) is 6.32 Å². The third kappa shape index (κ3) is 3.89. The summed E-state index contributed by atoms with van der Waals surface area (Å²) in [7, 11) is 0.504. The Bertz CT molecular complexity index is 19.5. The lowest BCUT2D eigenvalue weighted by molar-refractivity contribution is 0.289. The molecule has 0 aliphatic heterocycles. The molecule has 0 aromatic carbocycles. The zero-order chi connectivity index (χ0) is 4.83. The van der Waals surface area contributed by atoms with Gasteiger partial charge in [-0.15, -0.1) is 6.32 Å². The fourth-order valence-electron chi connectivity index (χ4n) is 0.0913. The molecule has 0 aliphatic carbocycles. The van der Waals surface area contributed by atoms with Crippen molar-refractivity contribution in [2.45, 2.75) is 12.8 Å². The van der Waals surface area contributed by atoms with E-state index in [1.54, 1.807) is 0 Å². The lowest BCUT2D eigenvalue weighted by Gasteiger charge is -1.82. The van der Waals surface area contributed by atoms with Gasteiger partial charge in [0, 0.05) is 19.4 Å². The summed E-state index contributed by atoms with van der Waals surface area (Å²) in [6.45, 7) is 0.364. The van der Waals surface area contributed by atoms with Gasteiger partial charge in [0.2, 0.25) is 0 Å². The molecule has 0 radical (unpaired) electrons. The zero-order valence-corrected chi connectivity index (χ0v) is 3.15. The van der Waals surface area contributed by atoms with E-state index in [1.165, 1.54) is 0 Å². The van der Waals surface area contributed by atoms with Crippen molar-refractivity contribution in [1.82, 2.24) is 0 Å². The van der Waals surface area contributed by atoms with E-state index < -0.39 is 0 Å².